The first-order chi connectivity index (χ1) is 8.60. The highest BCUT2D eigenvalue weighted by Crippen LogP contribution is 2.19. The topological polar surface area (TPSA) is 81.9 Å². The van der Waals surface area contributed by atoms with Crippen molar-refractivity contribution >= 4 is 11.9 Å². The average molecular weight is 258 g/mol. The minimum absolute atomic E-state index is 0.167. The van der Waals surface area contributed by atoms with Gasteiger partial charge in [-0.1, -0.05) is 0 Å². The molecule has 6 heteroatoms. The van der Waals surface area contributed by atoms with Gasteiger partial charge in [0, 0.05) is 13.1 Å². The average Bonchev–Trinajstić information content (AvgIpc) is 2.28. The molecule has 0 bridgehead atoms. The molecule has 1 heterocycles. The van der Waals surface area contributed by atoms with E-state index in [0.29, 0.717) is 26.2 Å². The molecule has 1 rings (SSSR count). The molecule has 18 heavy (non-hydrogen) atoms. The Morgan fingerprint density at radius 3 is 2.50 bits per heavy atom. The SMILES string of the molecule is CCOC(=O)[C@@H](N)CCN1CC[C@H]1C(=O)OCC. The van der Waals surface area contributed by atoms with Gasteiger partial charge in [0.2, 0.25) is 0 Å². The van der Waals surface area contributed by atoms with Gasteiger partial charge in [-0.15, -0.1) is 0 Å². The van der Waals surface area contributed by atoms with E-state index in [1.54, 1.807) is 13.8 Å². The van der Waals surface area contributed by atoms with Gasteiger partial charge in [-0.05, 0) is 26.7 Å². The Hall–Kier alpha value is -1.14. The Bertz CT molecular complexity index is 296. The van der Waals surface area contributed by atoms with Gasteiger partial charge in [0.05, 0.1) is 13.2 Å². The van der Waals surface area contributed by atoms with Crippen molar-refractivity contribution in [1.29, 1.82) is 0 Å². The lowest BCUT2D eigenvalue weighted by atomic mass is 10.0. The van der Waals surface area contributed by atoms with Crippen LogP contribution in [0.2, 0.25) is 0 Å². The number of rotatable bonds is 7. The van der Waals surface area contributed by atoms with Crippen LogP contribution >= 0.6 is 0 Å². The summed E-state index contributed by atoms with van der Waals surface area (Å²) in [5.41, 5.74) is 5.69. The van der Waals surface area contributed by atoms with E-state index < -0.39 is 6.04 Å². The van der Waals surface area contributed by atoms with Gasteiger partial charge in [0.1, 0.15) is 12.1 Å². The number of esters is 2. The summed E-state index contributed by atoms with van der Waals surface area (Å²) in [5.74, 6) is -0.570. The molecule has 0 radical (unpaired) electrons. The molecule has 6 nitrogen and oxygen atoms in total. The largest absolute Gasteiger partial charge is 0.465 e. The van der Waals surface area contributed by atoms with Gasteiger partial charge in [-0.25, -0.2) is 0 Å². The molecule has 1 aliphatic rings. The van der Waals surface area contributed by atoms with Gasteiger partial charge in [-0.2, -0.15) is 0 Å². The highest BCUT2D eigenvalue weighted by Gasteiger charge is 2.35. The van der Waals surface area contributed by atoms with Gasteiger partial charge < -0.3 is 15.2 Å². The van der Waals surface area contributed by atoms with Crippen molar-refractivity contribution in [3.05, 3.63) is 0 Å². The fourth-order valence-corrected chi connectivity index (χ4v) is 1.89. The maximum Gasteiger partial charge on any atom is 0.323 e. The number of hydrogen-bond acceptors (Lipinski definition) is 6. The Balaban J connectivity index is 2.27. The van der Waals surface area contributed by atoms with E-state index in [9.17, 15) is 9.59 Å². The van der Waals surface area contributed by atoms with Crippen LogP contribution in [0, 0.1) is 0 Å². The van der Waals surface area contributed by atoms with E-state index in [1.807, 2.05) is 4.90 Å². The molecule has 1 saturated heterocycles. The van der Waals surface area contributed by atoms with Gasteiger partial charge in [0.25, 0.3) is 0 Å². The van der Waals surface area contributed by atoms with E-state index in [2.05, 4.69) is 0 Å². The molecule has 0 aromatic rings. The molecule has 0 unspecified atom stereocenters. The fraction of sp³-hybridized carbons (Fsp3) is 0.833. The zero-order valence-corrected chi connectivity index (χ0v) is 11.1. The van der Waals surface area contributed by atoms with Crippen LogP contribution in [0.4, 0.5) is 0 Å². The van der Waals surface area contributed by atoms with Gasteiger partial charge in [0.15, 0.2) is 0 Å². The Morgan fingerprint density at radius 1 is 1.33 bits per heavy atom. The normalized spacial score (nSPS) is 20.9. The molecular formula is C12H22N2O4. The van der Waals surface area contributed by atoms with Crippen molar-refractivity contribution in [3.63, 3.8) is 0 Å². The molecule has 1 aliphatic heterocycles. The van der Waals surface area contributed by atoms with Crippen molar-refractivity contribution in [2.75, 3.05) is 26.3 Å². The maximum absolute atomic E-state index is 11.5. The second-order valence-corrected chi connectivity index (χ2v) is 4.24. The van der Waals surface area contributed by atoms with Crippen LogP contribution < -0.4 is 5.73 Å². The first kappa shape index (κ1) is 14.9. The first-order valence-electron chi connectivity index (χ1n) is 6.43. The number of nitrogens with two attached hydrogens (primary N) is 1. The zero-order valence-electron chi connectivity index (χ0n) is 11.1. The molecule has 0 aliphatic carbocycles. The molecule has 0 spiro atoms. The van der Waals surface area contributed by atoms with Crippen LogP contribution in [0.25, 0.3) is 0 Å². The Morgan fingerprint density at radius 2 is 2.00 bits per heavy atom. The summed E-state index contributed by atoms with van der Waals surface area (Å²) in [4.78, 5) is 24.8. The highest BCUT2D eigenvalue weighted by atomic mass is 16.5. The predicted molar refractivity (Wildman–Crippen MR) is 65.8 cm³/mol. The molecule has 0 saturated carbocycles. The minimum Gasteiger partial charge on any atom is -0.465 e. The van der Waals surface area contributed by atoms with Crippen LogP contribution in [0.1, 0.15) is 26.7 Å². The second kappa shape index (κ2) is 7.33. The lowest BCUT2D eigenvalue weighted by Crippen LogP contribution is -2.54. The summed E-state index contributed by atoms with van der Waals surface area (Å²) in [6.45, 7) is 5.73. The molecule has 0 amide bonds. The number of nitrogens with zero attached hydrogens (tertiary/aromatic N) is 1. The van der Waals surface area contributed by atoms with E-state index in [4.69, 9.17) is 15.2 Å². The summed E-state index contributed by atoms with van der Waals surface area (Å²) in [6.07, 6.45) is 1.31. The number of carbonyl (C=O) groups excluding carboxylic acids is 2. The van der Waals surface area contributed by atoms with Crippen LogP contribution in [-0.2, 0) is 19.1 Å². The number of likely N-dealkylation sites (tertiary alicyclic amines) is 1. The molecule has 104 valence electrons. The van der Waals surface area contributed by atoms with Gasteiger partial charge >= 0.3 is 11.9 Å². The molecule has 1 fully saturated rings. The van der Waals surface area contributed by atoms with E-state index in [1.165, 1.54) is 0 Å². The minimum atomic E-state index is -0.617. The van der Waals surface area contributed by atoms with Crippen molar-refractivity contribution < 1.29 is 19.1 Å². The molecule has 2 N–H and O–H groups in total. The summed E-state index contributed by atoms with van der Waals surface area (Å²) >= 11 is 0. The summed E-state index contributed by atoms with van der Waals surface area (Å²) < 4.78 is 9.79. The number of carbonyl (C=O) groups is 2. The van der Waals surface area contributed by atoms with Crippen LogP contribution in [-0.4, -0.2) is 55.2 Å². The second-order valence-electron chi connectivity index (χ2n) is 4.24. The summed E-state index contributed by atoms with van der Waals surface area (Å²) in [5, 5.41) is 0. The third kappa shape index (κ3) is 3.96. The predicted octanol–water partition coefficient (Wildman–Crippen LogP) is -0.0957. The van der Waals surface area contributed by atoms with E-state index >= 15 is 0 Å². The van der Waals surface area contributed by atoms with Crippen molar-refractivity contribution in [1.82, 2.24) is 4.90 Å². The maximum atomic E-state index is 11.5. The standard InChI is InChI=1S/C12H22N2O4/c1-3-17-11(15)9(13)5-7-14-8-6-10(14)12(16)18-4-2/h9-10H,3-8,13H2,1-2H3/t9-,10-/m0/s1. The highest BCUT2D eigenvalue weighted by molar-refractivity contribution is 5.77. The van der Waals surface area contributed by atoms with E-state index in [-0.39, 0.29) is 18.0 Å². The van der Waals surface area contributed by atoms with Crippen molar-refractivity contribution in [3.8, 4) is 0 Å². The van der Waals surface area contributed by atoms with Crippen molar-refractivity contribution in [2.45, 2.75) is 38.8 Å². The van der Waals surface area contributed by atoms with Crippen LogP contribution in [0.3, 0.4) is 0 Å². The smallest absolute Gasteiger partial charge is 0.323 e. The first-order valence-corrected chi connectivity index (χ1v) is 6.43. The number of ether oxygens (including phenoxy) is 2. The van der Waals surface area contributed by atoms with Crippen molar-refractivity contribution in [2.24, 2.45) is 5.73 Å². The Kier molecular flexibility index (Phi) is 6.07. The van der Waals surface area contributed by atoms with Crippen LogP contribution in [0.5, 0.6) is 0 Å². The van der Waals surface area contributed by atoms with Gasteiger partial charge in [-0.3, -0.25) is 14.5 Å². The van der Waals surface area contributed by atoms with Crippen LogP contribution in [0.15, 0.2) is 0 Å². The lowest BCUT2D eigenvalue weighted by molar-refractivity contribution is -0.154. The molecular weight excluding hydrogens is 236 g/mol. The fourth-order valence-electron chi connectivity index (χ4n) is 1.89. The third-order valence-electron chi connectivity index (χ3n) is 3.01. The molecule has 0 aromatic carbocycles. The Labute approximate surface area is 107 Å². The van der Waals surface area contributed by atoms with E-state index in [0.717, 1.165) is 13.0 Å². The number of hydrogen-bond donors (Lipinski definition) is 1. The summed E-state index contributed by atoms with van der Waals surface area (Å²) in [6, 6.07) is -0.784. The molecule has 0 aromatic heterocycles. The summed E-state index contributed by atoms with van der Waals surface area (Å²) in [7, 11) is 0. The lowest BCUT2D eigenvalue weighted by Gasteiger charge is -2.39. The quantitative estimate of drug-likeness (QED) is 0.642. The third-order valence-corrected chi connectivity index (χ3v) is 3.01. The zero-order chi connectivity index (χ0) is 13.5. The monoisotopic (exact) mass is 258 g/mol. The molecule has 2 atom stereocenters.